The van der Waals surface area contributed by atoms with Gasteiger partial charge in [0.05, 0.1) is 6.10 Å². The Labute approximate surface area is 79.7 Å². The Balaban J connectivity index is 3.38. The van der Waals surface area contributed by atoms with Gasteiger partial charge in [0, 0.05) is 5.54 Å². The Kier molecular flexibility index (Phi) is 8.62. The molecule has 0 heterocycles. The number of hydrogen-bond acceptors (Lipinski definition) is 1. The lowest BCUT2D eigenvalue weighted by Gasteiger charge is -2.02. The third kappa shape index (κ3) is 7.83. The van der Waals surface area contributed by atoms with Gasteiger partial charge in [-0.2, -0.15) is 0 Å². The van der Waals surface area contributed by atoms with Crippen molar-refractivity contribution in [1.29, 1.82) is 0 Å². The number of aliphatic hydroxyl groups excluding tert-OH is 1. The average Bonchev–Trinajstić information content (AvgIpc) is 2.06. The fraction of sp³-hybridized carbons (Fsp3) is 0.600. The lowest BCUT2D eigenvalue weighted by Crippen LogP contribution is -2.00. The highest BCUT2D eigenvalue weighted by Gasteiger charge is 1.96. The van der Waals surface area contributed by atoms with Crippen LogP contribution in [-0.4, -0.2) is 11.2 Å². The molecule has 0 saturated heterocycles. The van der Waals surface area contributed by atoms with Crippen molar-refractivity contribution in [2.45, 2.75) is 38.7 Å². The molecule has 0 fully saturated rings. The number of hydrogen-bond donors (Lipinski definition) is 1. The first-order chi connectivity index (χ1) is 5.81. The zero-order chi connectivity index (χ0) is 9.23. The molecule has 0 spiro atoms. The summed E-state index contributed by atoms with van der Waals surface area (Å²) in [5.41, 5.74) is 1.43. The van der Waals surface area contributed by atoms with Gasteiger partial charge in [0.1, 0.15) is 0 Å². The summed E-state index contributed by atoms with van der Waals surface area (Å²) in [5, 5.41) is 9.34. The van der Waals surface area contributed by atoms with E-state index in [1.807, 2.05) is 0 Å². The van der Waals surface area contributed by atoms with E-state index < -0.39 is 0 Å². The molecule has 0 bridgehead atoms. The van der Waals surface area contributed by atoms with Crippen molar-refractivity contribution in [2.75, 3.05) is 0 Å². The minimum atomic E-state index is -0.315. The molecule has 0 aliphatic rings. The van der Waals surface area contributed by atoms with Crippen molar-refractivity contribution >= 4 is 11.6 Å². The lowest BCUT2D eigenvalue weighted by molar-refractivity contribution is 0.208. The predicted molar refractivity (Wildman–Crippen MR) is 54.3 cm³/mol. The molecule has 0 aliphatic carbocycles. The molecule has 70 valence electrons. The second-order valence-electron chi connectivity index (χ2n) is 2.77. The summed E-state index contributed by atoms with van der Waals surface area (Å²) in [6, 6.07) is 0. The van der Waals surface area contributed by atoms with Crippen molar-refractivity contribution in [3.63, 3.8) is 0 Å². The zero-order valence-electron chi connectivity index (χ0n) is 7.54. The number of rotatable bonds is 6. The second kappa shape index (κ2) is 8.82. The Morgan fingerprint density at radius 2 is 2.08 bits per heavy atom. The van der Waals surface area contributed by atoms with Crippen molar-refractivity contribution in [3.8, 4) is 0 Å². The molecule has 1 atom stereocenters. The van der Waals surface area contributed by atoms with Crippen molar-refractivity contribution in [2.24, 2.45) is 0 Å². The minimum Gasteiger partial charge on any atom is -0.389 e. The monoisotopic (exact) mass is 188 g/mol. The number of unbranched alkanes of at least 4 members (excludes halogenated alkanes) is 2. The average molecular weight is 189 g/mol. The number of allylic oxidation sites excluding steroid dienone is 2. The van der Waals surface area contributed by atoms with Crippen LogP contribution in [0.25, 0.3) is 0 Å². The standard InChI is InChI=1S/C10H17ClO/c1-2-3-4-7-10(12)8-5-6-9-11/h5-6,8-10,12H,2-4,7H2,1H3/b8-5+,9-6+/t10-/m0/s1. The van der Waals surface area contributed by atoms with E-state index in [-0.39, 0.29) is 6.10 Å². The van der Waals surface area contributed by atoms with E-state index in [0.29, 0.717) is 0 Å². The molecule has 0 amide bonds. The smallest absolute Gasteiger partial charge is 0.0723 e. The number of halogens is 1. The maximum Gasteiger partial charge on any atom is 0.0723 e. The van der Waals surface area contributed by atoms with Crippen molar-refractivity contribution < 1.29 is 5.11 Å². The Hall–Kier alpha value is -0.270. The third-order valence-corrected chi connectivity index (χ3v) is 1.77. The molecule has 0 rings (SSSR count). The minimum absolute atomic E-state index is 0.315. The van der Waals surface area contributed by atoms with Crippen LogP contribution in [0.1, 0.15) is 32.6 Å². The van der Waals surface area contributed by atoms with Crippen LogP contribution in [0.4, 0.5) is 0 Å². The summed E-state index contributed by atoms with van der Waals surface area (Å²) in [6.07, 6.45) is 9.23. The molecule has 12 heavy (non-hydrogen) atoms. The molecule has 0 radical (unpaired) electrons. The van der Waals surface area contributed by atoms with Crippen LogP contribution < -0.4 is 0 Å². The van der Waals surface area contributed by atoms with Crippen LogP contribution in [0, 0.1) is 0 Å². The summed E-state index contributed by atoms with van der Waals surface area (Å²) in [6.45, 7) is 2.15. The SMILES string of the molecule is CCCCC[C@H](O)/C=C/C=C/Cl. The lowest BCUT2D eigenvalue weighted by atomic mass is 10.1. The molecule has 0 aromatic carbocycles. The van der Waals surface area contributed by atoms with Gasteiger partial charge in [0.25, 0.3) is 0 Å². The van der Waals surface area contributed by atoms with E-state index >= 15 is 0 Å². The van der Waals surface area contributed by atoms with Gasteiger partial charge in [-0.15, -0.1) is 0 Å². The topological polar surface area (TPSA) is 20.2 Å². The molecule has 2 heteroatoms. The molecule has 0 aromatic rings. The Morgan fingerprint density at radius 3 is 2.67 bits per heavy atom. The van der Waals surface area contributed by atoms with Gasteiger partial charge in [-0.05, 0) is 6.42 Å². The van der Waals surface area contributed by atoms with Gasteiger partial charge in [0.2, 0.25) is 0 Å². The van der Waals surface area contributed by atoms with Crippen LogP contribution in [0.2, 0.25) is 0 Å². The maximum atomic E-state index is 9.34. The highest BCUT2D eigenvalue weighted by Crippen LogP contribution is 2.04. The highest BCUT2D eigenvalue weighted by molar-refractivity contribution is 6.25. The summed E-state index contributed by atoms with van der Waals surface area (Å²) >= 11 is 5.30. The van der Waals surface area contributed by atoms with Gasteiger partial charge in [0.15, 0.2) is 0 Å². The maximum absolute atomic E-state index is 9.34. The third-order valence-electron chi connectivity index (χ3n) is 1.62. The molecule has 1 nitrogen and oxygen atoms in total. The predicted octanol–water partition coefficient (Wildman–Crippen LogP) is 3.24. The summed E-state index contributed by atoms with van der Waals surface area (Å²) in [5.74, 6) is 0. The normalized spacial score (nSPS) is 14.6. The van der Waals surface area contributed by atoms with E-state index in [1.54, 1.807) is 18.2 Å². The van der Waals surface area contributed by atoms with Gasteiger partial charge in [-0.25, -0.2) is 0 Å². The molecule has 0 aliphatic heterocycles. The van der Waals surface area contributed by atoms with Gasteiger partial charge >= 0.3 is 0 Å². The largest absolute Gasteiger partial charge is 0.389 e. The first kappa shape index (κ1) is 11.7. The van der Waals surface area contributed by atoms with E-state index in [9.17, 15) is 5.11 Å². The number of aliphatic hydroxyl groups is 1. The first-order valence-corrected chi connectivity index (χ1v) is 4.86. The molecule has 0 unspecified atom stereocenters. The van der Waals surface area contributed by atoms with E-state index in [0.717, 1.165) is 12.8 Å². The molecular weight excluding hydrogens is 172 g/mol. The summed E-state index contributed by atoms with van der Waals surface area (Å²) in [7, 11) is 0. The quantitative estimate of drug-likeness (QED) is 0.501. The van der Waals surface area contributed by atoms with Crippen LogP contribution in [0.15, 0.2) is 23.8 Å². The molecule has 0 saturated carbocycles. The van der Waals surface area contributed by atoms with Crippen LogP contribution >= 0.6 is 11.6 Å². The van der Waals surface area contributed by atoms with Gasteiger partial charge < -0.3 is 5.11 Å². The molecule has 0 aromatic heterocycles. The van der Waals surface area contributed by atoms with Crippen LogP contribution in [0.5, 0.6) is 0 Å². The first-order valence-electron chi connectivity index (χ1n) is 4.43. The summed E-state index contributed by atoms with van der Waals surface area (Å²) in [4.78, 5) is 0. The van der Waals surface area contributed by atoms with Gasteiger partial charge in [-0.3, -0.25) is 0 Å². The van der Waals surface area contributed by atoms with Crippen LogP contribution in [-0.2, 0) is 0 Å². The molecular formula is C10H17ClO. The zero-order valence-corrected chi connectivity index (χ0v) is 8.30. The van der Waals surface area contributed by atoms with E-state index in [2.05, 4.69) is 6.92 Å². The van der Waals surface area contributed by atoms with E-state index in [4.69, 9.17) is 11.6 Å². The van der Waals surface area contributed by atoms with Crippen molar-refractivity contribution in [3.05, 3.63) is 23.8 Å². The van der Waals surface area contributed by atoms with E-state index in [1.165, 1.54) is 18.4 Å². The molecule has 1 N–H and O–H groups in total. The fourth-order valence-corrected chi connectivity index (χ4v) is 1.02. The van der Waals surface area contributed by atoms with Crippen molar-refractivity contribution in [1.82, 2.24) is 0 Å². The highest BCUT2D eigenvalue weighted by atomic mass is 35.5. The van der Waals surface area contributed by atoms with Gasteiger partial charge in [-0.1, -0.05) is 56.0 Å². The fourth-order valence-electron chi connectivity index (χ4n) is 0.934. The van der Waals surface area contributed by atoms with Crippen LogP contribution in [0.3, 0.4) is 0 Å². The Morgan fingerprint density at radius 1 is 1.33 bits per heavy atom. The second-order valence-corrected chi connectivity index (χ2v) is 3.02. The Bertz CT molecular complexity index is 141. The summed E-state index contributed by atoms with van der Waals surface area (Å²) < 4.78 is 0.